The number of nitrogen functional groups attached to an aromatic ring is 1. The molecule has 0 spiro atoms. The smallest absolute Gasteiger partial charge is 0.225 e. The first kappa shape index (κ1) is 22.1. The van der Waals surface area contributed by atoms with Crippen LogP contribution in [0.15, 0.2) is 42.1 Å². The number of likely N-dealkylation sites (tertiary alicyclic amines) is 2. The van der Waals surface area contributed by atoms with E-state index in [1.807, 2.05) is 17.0 Å². The van der Waals surface area contributed by atoms with E-state index in [9.17, 15) is 4.79 Å². The van der Waals surface area contributed by atoms with Crippen molar-refractivity contribution in [2.45, 2.75) is 32.2 Å². The molecule has 2 N–H and O–H groups in total. The van der Waals surface area contributed by atoms with Crippen molar-refractivity contribution >= 4 is 17.6 Å². The van der Waals surface area contributed by atoms with Crippen LogP contribution in [-0.4, -0.2) is 69.7 Å². The number of oxime groups is 1. The summed E-state index contributed by atoms with van der Waals surface area (Å²) in [7, 11) is 1.58. The summed E-state index contributed by atoms with van der Waals surface area (Å²) >= 11 is 0. The van der Waals surface area contributed by atoms with Gasteiger partial charge in [-0.15, -0.1) is 0 Å². The van der Waals surface area contributed by atoms with Gasteiger partial charge in [0.05, 0.1) is 5.71 Å². The topological polar surface area (TPSA) is 110 Å². The molecule has 32 heavy (non-hydrogen) atoms. The summed E-state index contributed by atoms with van der Waals surface area (Å²) in [6, 6.07) is 3.92. The maximum atomic E-state index is 13.1. The van der Waals surface area contributed by atoms with Crippen LogP contribution in [0.2, 0.25) is 0 Å². The fourth-order valence-corrected chi connectivity index (χ4v) is 4.66. The van der Waals surface area contributed by atoms with Gasteiger partial charge in [-0.3, -0.25) is 14.7 Å². The molecular weight excluding hydrogens is 406 g/mol. The summed E-state index contributed by atoms with van der Waals surface area (Å²) in [5.41, 5.74) is 8.59. The average Bonchev–Trinajstić information content (AvgIpc) is 2.85. The minimum absolute atomic E-state index is 0.109. The van der Waals surface area contributed by atoms with Crippen molar-refractivity contribution in [2.24, 2.45) is 17.0 Å². The van der Waals surface area contributed by atoms with Crippen molar-refractivity contribution in [2.75, 3.05) is 39.0 Å². The molecule has 0 unspecified atom stereocenters. The molecule has 4 heterocycles. The van der Waals surface area contributed by atoms with Crippen molar-refractivity contribution in [3.8, 4) is 0 Å². The highest BCUT2D eigenvalue weighted by Crippen LogP contribution is 2.26. The van der Waals surface area contributed by atoms with Gasteiger partial charge in [0.15, 0.2) is 0 Å². The predicted octanol–water partition coefficient (Wildman–Crippen LogP) is 1.96. The van der Waals surface area contributed by atoms with Crippen LogP contribution in [-0.2, 0) is 16.2 Å². The number of hydrogen-bond donors (Lipinski definition) is 1. The molecule has 2 aliphatic heterocycles. The number of anilines is 1. The van der Waals surface area contributed by atoms with Crippen molar-refractivity contribution < 1.29 is 9.63 Å². The van der Waals surface area contributed by atoms with E-state index in [2.05, 4.69) is 25.0 Å². The zero-order valence-corrected chi connectivity index (χ0v) is 18.6. The first-order valence-corrected chi connectivity index (χ1v) is 11.2. The van der Waals surface area contributed by atoms with E-state index in [1.54, 1.807) is 31.9 Å². The zero-order chi connectivity index (χ0) is 22.3. The molecule has 1 amide bonds. The molecule has 2 aromatic heterocycles. The Kier molecular flexibility index (Phi) is 7.26. The van der Waals surface area contributed by atoms with Crippen molar-refractivity contribution in [1.29, 1.82) is 0 Å². The SMILES string of the molecule is CON=C(c1ccncc1)C1CCN(C(=O)C2CCN(Cc3cnc(N)nc3)CC2)CC1. The minimum Gasteiger partial charge on any atom is -0.399 e. The number of hydrogen-bond acceptors (Lipinski definition) is 8. The van der Waals surface area contributed by atoms with Crippen molar-refractivity contribution in [3.63, 3.8) is 0 Å². The Hall–Kier alpha value is -3.07. The minimum atomic E-state index is 0.109. The Morgan fingerprint density at radius 3 is 2.31 bits per heavy atom. The molecule has 0 radical (unpaired) electrons. The van der Waals surface area contributed by atoms with Crippen LogP contribution < -0.4 is 5.73 Å². The molecule has 4 rings (SSSR count). The molecule has 0 atom stereocenters. The second kappa shape index (κ2) is 10.5. The van der Waals surface area contributed by atoms with Crippen LogP contribution in [0, 0.1) is 11.8 Å². The second-order valence-electron chi connectivity index (χ2n) is 8.49. The van der Waals surface area contributed by atoms with Gasteiger partial charge in [-0.2, -0.15) is 0 Å². The summed E-state index contributed by atoms with van der Waals surface area (Å²) in [5, 5.41) is 4.29. The highest BCUT2D eigenvalue weighted by atomic mass is 16.6. The van der Waals surface area contributed by atoms with Gasteiger partial charge in [0.25, 0.3) is 0 Å². The largest absolute Gasteiger partial charge is 0.399 e. The number of pyridine rings is 1. The number of nitrogens with zero attached hydrogens (tertiary/aromatic N) is 6. The first-order valence-electron chi connectivity index (χ1n) is 11.2. The highest BCUT2D eigenvalue weighted by Gasteiger charge is 2.32. The molecule has 9 heteroatoms. The first-order chi connectivity index (χ1) is 15.6. The lowest BCUT2D eigenvalue weighted by Gasteiger charge is -2.37. The van der Waals surface area contributed by atoms with Gasteiger partial charge in [0.1, 0.15) is 7.11 Å². The van der Waals surface area contributed by atoms with Gasteiger partial charge in [-0.25, -0.2) is 9.97 Å². The number of carbonyl (C=O) groups excluding carboxylic acids is 1. The van der Waals surface area contributed by atoms with Crippen LogP contribution in [0.3, 0.4) is 0 Å². The Bertz CT molecular complexity index is 904. The number of aromatic nitrogens is 3. The number of carbonyl (C=O) groups is 1. The molecule has 0 aliphatic carbocycles. The van der Waals surface area contributed by atoms with Crippen LogP contribution in [0.5, 0.6) is 0 Å². The van der Waals surface area contributed by atoms with Gasteiger partial charge < -0.3 is 15.5 Å². The van der Waals surface area contributed by atoms with Crippen LogP contribution in [0.4, 0.5) is 5.95 Å². The summed E-state index contributed by atoms with van der Waals surface area (Å²) in [6.45, 7) is 4.14. The van der Waals surface area contributed by atoms with Gasteiger partial charge in [0, 0.05) is 67.4 Å². The van der Waals surface area contributed by atoms with E-state index in [0.717, 1.165) is 75.2 Å². The van der Waals surface area contributed by atoms with E-state index >= 15 is 0 Å². The molecule has 0 bridgehead atoms. The van der Waals surface area contributed by atoms with Crippen molar-refractivity contribution in [3.05, 3.63) is 48.0 Å². The third-order valence-electron chi connectivity index (χ3n) is 6.43. The second-order valence-corrected chi connectivity index (χ2v) is 8.49. The summed E-state index contributed by atoms with van der Waals surface area (Å²) in [4.78, 5) is 34.8. The maximum Gasteiger partial charge on any atom is 0.225 e. The van der Waals surface area contributed by atoms with Gasteiger partial charge in [-0.05, 0) is 50.9 Å². The third-order valence-corrected chi connectivity index (χ3v) is 6.43. The van der Waals surface area contributed by atoms with Crippen molar-refractivity contribution in [1.82, 2.24) is 24.8 Å². The fraction of sp³-hybridized carbons (Fsp3) is 0.522. The fourth-order valence-electron chi connectivity index (χ4n) is 4.66. The summed E-state index contributed by atoms with van der Waals surface area (Å²) in [6.07, 6.45) is 10.7. The molecule has 2 aliphatic rings. The summed E-state index contributed by atoms with van der Waals surface area (Å²) < 4.78 is 0. The van der Waals surface area contributed by atoms with E-state index < -0.39 is 0 Å². The number of rotatable bonds is 6. The van der Waals surface area contributed by atoms with Crippen LogP contribution >= 0.6 is 0 Å². The molecule has 2 fully saturated rings. The Balaban J connectivity index is 1.26. The lowest BCUT2D eigenvalue weighted by molar-refractivity contribution is -0.138. The van der Waals surface area contributed by atoms with E-state index in [4.69, 9.17) is 10.6 Å². The van der Waals surface area contributed by atoms with E-state index in [-0.39, 0.29) is 11.8 Å². The van der Waals surface area contributed by atoms with Crippen LogP contribution in [0.1, 0.15) is 36.8 Å². The van der Waals surface area contributed by atoms with Gasteiger partial charge in [0.2, 0.25) is 11.9 Å². The Morgan fingerprint density at radius 2 is 1.69 bits per heavy atom. The Morgan fingerprint density at radius 1 is 1.06 bits per heavy atom. The molecule has 2 aromatic rings. The number of amides is 1. The molecule has 170 valence electrons. The molecule has 0 aromatic carbocycles. The van der Waals surface area contributed by atoms with E-state index in [1.165, 1.54) is 0 Å². The van der Waals surface area contributed by atoms with Gasteiger partial charge >= 0.3 is 0 Å². The lowest BCUT2D eigenvalue weighted by atomic mass is 9.87. The standard InChI is InChI=1S/C23H31N7O2/c1-32-28-21(18-2-8-25-9-3-18)19-6-12-30(13-7-19)22(31)20-4-10-29(11-5-20)16-17-14-26-23(24)27-15-17/h2-3,8-9,14-15,19-20H,4-7,10-13,16H2,1H3,(H2,24,26,27). The highest BCUT2D eigenvalue weighted by molar-refractivity contribution is 6.02. The maximum absolute atomic E-state index is 13.1. The van der Waals surface area contributed by atoms with Gasteiger partial charge in [-0.1, -0.05) is 5.16 Å². The molecule has 9 nitrogen and oxygen atoms in total. The number of nitrogens with two attached hydrogens (primary N) is 1. The molecule has 0 saturated carbocycles. The zero-order valence-electron chi connectivity index (χ0n) is 18.6. The predicted molar refractivity (Wildman–Crippen MR) is 122 cm³/mol. The Labute approximate surface area is 188 Å². The third kappa shape index (κ3) is 5.40. The quantitative estimate of drug-likeness (QED) is 0.543. The van der Waals surface area contributed by atoms with Crippen LogP contribution in [0.25, 0.3) is 0 Å². The average molecular weight is 438 g/mol. The summed E-state index contributed by atoms with van der Waals surface area (Å²) in [5.74, 6) is 0.986. The lowest BCUT2D eigenvalue weighted by Crippen LogP contribution is -2.46. The number of piperidine rings is 2. The monoisotopic (exact) mass is 437 g/mol. The molecule has 2 saturated heterocycles. The normalized spacial score (nSPS) is 19.2. The molecular formula is C23H31N7O2. The van der Waals surface area contributed by atoms with E-state index in [0.29, 0.717) is 11.9 Å².